The minimum Gasteiger partial charge on any atom is -0.476 e. The standard InChI is InChI=1S/C10H15N3O3/c1-2-16-7-3-6-11-9-5-4-8(10(14)15)12-13-9/h4-5H,2-3,6-7H2,1H3,(H,11,13)(H,14,15). The van der Waals surface area contributed by atoms with Crippen LogP contribution in [0, 0.1) is 0 Å². The van der Waals surface area contributed by atoms with E-state index < -0.39 is 5.97 Å². The van der Waals surface area contributed by atoms with Crippen molar-refractivity contribution in [1.29, 1.82) is 0 Å². The number of carboxylic acid groups (broad SMARTS) is 1. The minimum atomic E-state index is -1.07. The van der Waals surface area contributed by atoms with Gasteiger partial charge in [-0.15, -0.1) is 10.2 Å². The Bertz CT molecular complexity index is 327. The van der Waals surface area contributed by atoms with Gasteiger partial charge >= 0.3 is 5.97 Å². The maximum atomic E-state index is 10.5. The number of hydrogen-bond donors (Lipinski definition) is 2. The van der Waals surface area contributed by atoms with E-state index in [0.717, 1.165) is 13.0 Å². The van der Waals surface area contributed by atoms with Gasteiger partial charge in [0.2, 0.25) is 0 Å². The third-order valence-corrected chi connectivity index (χ3v) is 1.86. The summed E-state index contributed by atoms with van der Waals surface area (Å²) in [4.78, 5) is 10.5. The lowest BCUT2D eigenvalue weighted by Gasteiger charge is -2.04. The Kier molecular flexibility index (Phi) is 5.21. The van der Waals surface area contributed by atoms with Gasteiger partial charge in [-0.2, -0.15) is 0 Å². The predicted molar refractivity (Wildman–Crippen MR) is 58.6 cm³/mol. The summed E-state index contributed by atoms with van der Waals surface area (Å²) in [5.41, 5.74) is -0.0557. The molecular formula is C10H15N3O3. The van der Waals surface area contributed by atoms with Crippen LogP contribution in [0.2, 0.25) is 0 Å². The van der Waals surface area contributed by atoms with Crippen LogP contribution in [0.4, 0.5) is 5.82 Å². The van der Waals surface area contributed by atoms with Gasteiger partial charge in [-0.05, 0) is 25.5 Å². The summed E-state index contributed by atoms with van der Waals surface area (Å²) in [5, 5.41) is 18.9. The Morgan fingerprint density at radius 1 is 1.50 bits per heavy atom. The van der Waals surface area contributed by atoms with Gasteiger partial charge in [0.15, 0.2) is 5.69 Å². The number of ether oxygens (including phenoxy) is 1. The van der Waals surface area contributed by atoms with Crippen molar-refractivity contribution in [2.75, 3.05) is 25.1 Å². The Labute approximate surface area is 93.6 Å². The number of carbonyl (C=O) groups is 1. The molecule has 0 unspecified atom stereocenters. The van der Waals surface area contributed by atoms with Crippen LogP contribution >= 0.6 is 0 Å². The highest BCUT2D eigenvalue weighted by Gasteiger charge is 2.04. The number of hydrogen-bond acceptors (Lipinski definition) is 5. The molecule has 88 valence electrons. The second-order valence-corrected chi connectivity index (χ2v) is 3.09. The summed E-state index contributed by atoms with van der Waals surface area (Å²) in [6.45, 7) is 4.09. The summed E-state index contributed by atoms with van der Waals surface area (Å²) in [6, 6.07) is 3.01. The van der Waals surface area contributed by atoms with Crippen LogP contribution < -0.4 is 5.32 Å². The number of carboxylic acids is 1. The van der Waals surface area contributed by atoms with Crippen LogP contribution in [0.5, 0.6) is 0 Å². The van der Waals surface area contributed by atoms with E-state index in [4.69, 9.17) is 9.84 Å². The maximum Gasteiger partial charge on any atom is 0.356 e. The van der Waals surface area contributed by atoms with Crippen molar-refractivity contribution in [1.82, 2.24) is 10.2 Å². The van der Waals surface area contributed by atoms with Gasteiger partial charge in [-0.1, -0.05) is 0 Å². The molecule has 0 fully saturated rings. The molecule has 0 atom stereocenters. The molecule has 16 heavy (non-hydrogen) atoms. The fourth-order valence-corrected chi connectivity index (χ4v) is 1.08. The van der Waals surface area contributed by atoms with E-state index >= 15 is 0 Å². The van der Waals surface area contributed by atoms with E-state index in [2.05, 4.69) is 15.5 Å². The lowest BCUT2D eigenvalue weighted by atomic mass is 10.4. The zero-order valence-electron chi connectivity index (χ0n) is 9.14. The Hall–Kier alpha value is -1.69. The largest absolute Gasteiger partial charge is 0.476 e. The first-order valence-electron chi connectivity index (χ1n) is 5.12. The van der Waals surface area contributed by atoms with Crippen molar-refractivity contribution in [2.45, 2.75) is 13.3 Å². The second kappa shape index (κ2) is 6.73. The molecule has 6 nitrogen and oxygen atoms in total. The number of anilines is 1. The summed E-state index contributed by atoms with van der Waals surface area (Å²) >= 11 is 0. The SMILES string of the molecule is CCOCCCNc1ccc(C(=O)O)nn1. The third-order valence-electron chi connectivity index (χ3n) is 1.86. The van der Waals surface area contributed by atoms with Crippen LogP contribution in [0.3, 0.4) is 0 Å². The molecule has 0 aromatic carbocycles. The molecule has 0 aliphatic heterocycles. The summed E-state index contributed by atoms with van der Waals surface area (Å²) in [6.07, 6.45) is 0.871. The molecule has 0 amide bonds. The molecular weight excluding hydrogens is 210 g/mol. The molecule has 1 aromatic rings. The van der Waals surface area contributed by atoms with Crippen LogP contribution in [-0.4, -0.2) is 41.0 Å². The van der Waals surface area contributed by atoms with Crippen molar-refractivity contribution < 1.29 is 14.6 Å². The third kappa shape index (κ3) is 4.22. The lowest BCUT2D eigenvalue weighted by molar-refractivity contribution is 0.0689. The molecule has 6 heteroatoms. The maximum absolute atomic E-state index is 10.5. The van der Waals surface area contributed by atoms with Gasteiger partial charge in [0, 0.05) is 19.8 Å². The van der Waals surface area contributed by atoms with Gasteiger partial charge in [-0.3, -0.25) is 0 Å². The lowest BCUT2D eigenvalue weighted by Crippen LogP contribution is -2.09. The normalized spacial score (nSPS) is 10.1. The molecule has 0 spiro atoms. The fraction of sp³-hybridized carbons (Fsp3) is 0.500. The topological polar surface area (TPSA) is 84.3 Å². The number of nitrogens with one attached hydrogen (secondary N) is 1. The average Bonchev–Trinajstić information content (AvgIpc) is 2.29. The van der Waals surface area contributed by atoms with Gasteiger partial charge in [0.1, 0.15) is 5.82 Å². The highest BCUT2D eigenvalue weighted by atomic mass is 16.5. The molecule has 2 N–H and O–H groups in total. The quantitative estimate of drug-likeness (QED) is 0.674. The molecule has 1 heterocycles. The van der Waals surface area contributed by atoms with E-state index in [1.54, 1.807) is 6.07 Å². The Morgan fingerprint density at radius 3 is 2.88 bits per heavy atom. The first-order chi connectivity index (χ1) is 7.74. The van der Waals surface area contributed by atoms with E-state index in [9.17, 15) is 4.79 Å². The van der Waals surface area contributed by atoms with Crippen molar-refractivity contribution in [3.05, 3.63) is 17.8 Å². The van der Waals surface area contributed by atoms with Gasteiger partial charge in [0.25, 0.3) is 0 Å². The van der Waals surface area contributed by atoms with Crippen LogP contribution in [-0.2, 0) is 4.74 Å². The first-order valence-corrected chi connectivity index (χ1v) is 5.12. The molecule has 0 saturated heterocycles. The number of aromatic nitrogens is 2. The second-order valence-electron chi connectivity index (χ2n) is 3.09. The van der Waals surface area contributed by atoms with Crippen molar-refractivity contribution in [2.24, 2.45) is 0 Å². The molecule has 0 aliphatic carbocycles. The summed E-state index contributed by atoms with van der Waals surface area (Å²) in [7, 11) is 0. The zero-order chi connectivity index (χ0) is 11.8. The molecule has 0 bridgehead atoms. The van der Waals surface area contributed by atoms with Gasteiger partial charge < -0.3 is 15.2 Å². The fourth-order valence-electron chi connectivity index (χ4n) is 1.08. The minimum absolute atomic E-state index is 0.0557. The van der Waals surface area contributed by atoms with Gasteiger partial charge in [0.05, 0.1) is 0 Å². The Morgan fingerprint density at radius 2 is 2.31 bits per heavy atom. The van der Waals surface area contributed by atoms with E-state index in [1.807, 2.05) is 6.92 Å². The van der Waals surface area contributed by atoms with Crippen LogP contribution in [0.25, 0.3) is 0 Å². The Balaban J connectivity index is 2.29. The summed E-state index contributed by atoms with van der Waals surface area (Å²) in [5.74, 6) is -0.503. The molecule has 0 aliphatic rings. The predicted octanol–water partition coefficient (Wildman–Crippen LogP) is 1.01. The number of aromatic carboxylic acids is 1. The highest BCUT2D eigenvalue weighted by molar-refractivity contribution is 5.85. The zero-order valence-corrected chi connectivity index (χ0v) is 9.14. The molecule has 0 saturated carbocycles. The monoisotopic (exact) mass is 225 g/mol. The average molecular weight is 225 g/mol. The van der Waals surface area contributed by atoms with Crippen LogP contribution in [0.15, 0.2) is 12.1 Å². The summed E-state index contributed by atoms with van der Waals surface area (Å²) < 4.78 is 5.17. The van der Waals surface area contributed by atoms with E-state index in [-0.39, 0.29) is 5.69 Å². The first kappa shape index (κ1) is 12.4. The highest BCUT2D eigenvalue weighted by Crippen LogP contribution is 2.01. The van der Waals surface area contributed by atoms with Crippen molar-refractivity contribution in [3.63, 3.8) is 0 Å². The molecule has 1 rings (SSSR count). The number of rotatable bonds is 7. The number of nitrogens with zero attached hydrogens (tertiary/aromatic N) is 2. The van der Waals surface area contributed by atoms with E-state index in [0.29, 0.717) is 19.0 Å². The molecule has 1 aromatic heterocycles. The van der Waals surface area contributed by atoms with Crippen LogP contribution in [0.1, 0.15) is 23.8 Å². The smallest absolute Gasteiger partial charge is 0.356 e. The molecule has 0 radical (unpaired) electrons. The van der Waals surface area contributed by atoms with Gasteiger partial charge in [-0.25, -0.2) is 4.79 Å². The van der Waals surface area contributed by atoms with E-state index in [1.165, 1.54) is 6.07 Å². The van der Waals surface area contributed by atoms with Crippen molar-refractivity contribution >= 4 is 11.8 Å². The van der Waals surface area contributed by atoms with Crippen molar-refractivity contribution in [3.8, 4) is 0 Å².